The van der Waals surface area contributed by atoms with E-state index in [-0.39, 0.29) is 30.5 Å². The second kappa shape index (κ2) is 13.4. The molecule has 13 heteroatoms. The lowest BCUT2D eigenvalue weighted by Crippen LogP contribution is -2.55. The number of benzene rings is 2. The first kappa shape index (κ1) is 30.5. The van der Waals surface area contributed by atoms with E-state index in [9.17, 15) is 23.2 Å². The van der Waals surface area contributed by atoms with Gasteiger partial charge >= 0.3 is 12.2 Å². The van der Waals surface area contributed by atoms with Gasteiger partial charge in [0.2, 0.25) is 5.91 Å². The van der Waals surface area contributed by atoms with Crippen LogP contribution in [0.5, 0.6) is 0 Å². The maximum Gasteiger partial charge on any atom is 0.412 e. The smallest absolute Gasteiger partial charge is 0.412 e. The molecule has 0 unspecified atom stereocenters. The van der Waals surface area contributed by atoms with E-state index in [1.54, 1.807) is 32.9 Å². The first-order chi connectivity index (χ1) is 18.8. The Balaban J connectivity index is 1.71. The molecule has 40 heavy (non-hydrogen) atoms. The average Bonchev–Trinajstić information content (AvgIpc) is 2.86. The third-order valence-electron chi connectivity index (χ3n) is 5.38. The monoisotopic (exact) mass is 577 g/mol. The van der Waals surface area contributed by atoms with Crippen LogP contribution in [0.1, 0.15) is 33.3 Å². The Morgan fingerprint density at radius 3 is 2.52 bits per heavy atom. The number of aromatic nitrogens is 1. The molecule has 0 radical (unpaired) electrons. The molecule has 0 aliphatic rings. The Morgan fingerprint density at radius 1 is 1.07 bits per heavy atom. The average molecular weight is 578 g/mol. The van der Waals surface area contributed by atoms with Crippen molar-refractivity contribution in [3.63, 3.8) is 0 Å². The molecule has 3 rings (SSSR count). The molecule has 0 aliphatic heterocycles. The summed E-state index contributed by atoms with van der Waals surface area (Å²) in [5.41, 5.74) is 2.47. The number of hydrogen-bond acceptors (Lipinski definition) is 7. The molecule has 1 aromatic heterocycles. The zero-order valence-electron chi connectivity index (χ0n) is 22.4. The third-order valence-corrected chi connectivity index (χ3v) is 5.80. The predicted octanol–water partition coefficient (Wildman–Crippen LogP) is 5.16. The van der Waals surface area contributed by atoms with Crippen LogP contribution in [0.25, 0.3) is 10.8 Å². The number of amides is 3. The van der Waals surface area contributed by atoms with E-state index in [2.05, 4.69) is 21.0 Å². The second-order valence-electron chi connectivity index (χ2n) is 9.76. The summed E-state index contributed by atoms with van der Waals surface area (Å²) in [7, 11) is 0. The molecule has 0 saturated carbocycles. The van der Waals surface area contributed by atoms with Crippen LogP contribution >= 0.6 is 11.6 Å². The van der Waals surface area contributed by atoms with E-state index in [1.165, 1.54) is 43.5 Å². The van der Waals surface area contributed by atoms with E-state index in [4.69, 9.17) is 21.1 Å². The van der Waals surface area contributed by atoms with Gasteiger partial charge in [-0.25, -0.2) is 28.8 Å². The van der Waals surface area contributed by atoms with Gasteiger partial charge in [-0.3, -0.25) is 15.1 Å². The summed E-state index contributed by atoms with van der Waals surface area (Å²) in [5, 5.41) is 7.23. The van der Waals surface area contributed by atoms with Crippen LogP contribution in [0.15, 0.2) is 48.7 Å². The van der Waals surface area contributed by atoms with Gasteiger partial charge in [-0.1, -0.05) is 23.7 Å². The number of ether oxygens (including phenoxy) is 2. The van der Waals surface area contributed by atoms with Crippen LogP contribution in [0.3, 0.4) is 0 Å². The zero-order chi connectivity index (χ0) is 29.4. The van der Waals surface area contributed by atoms with E-state index in [0.29, 0.717) is 16.3 Å². The molecule has 10 nitrogen and oxygen atoms in total. The molecule has 2 aromatic carbocycles. The molecule has 214 valence electrons. The van der Waals surface area contributed by atoms with Crippen molar-refractivity contribution in [2.75, 3.05) is 18.5 Å². The maximum absolute atomic E-state index is 13.9. The van der Waals surface area contributed by atoms with Crippen molar-refractivity contribution in [1.29, 1.82) is 0 Å². The van der Waals surface area contributed by atoms with E-state index < -0.39 is 41.4 Å². The van der Waals surface area contributed by atoms with Crippen LogP contribution in [0, 0.1) is 11.6 Å². The fourth-order valence-electron chi connectivity index (χ4n) is 3.59. The van der Waals surface area contributed by atoms with Gasteiger partial charge in [0.25, 0.3) is 0 Å². The second-order valence-corrected chi connectivity index (χ2v) is 10.1. The number of carbonyl (C=O) groups is 3. The van der Waals surface area contributed by atoms with E-state index >= 15 is 0 Å². The van der Waals surface area contributed by atoms with Gasteiger partial charge in [-0.05, 0) is 62.1 Å². The lowest BCUT2D eigenvalue weighted by Gasteiger charge is -2.31. The molecular weight excluding hydrogens is 548 g/mol. The molecule has 1 heterocycles. The minimum absolute atomic E-state index is 0.0388. The van der Waals surface area contributed by atoms with Gasteiger partial charge in [-0.15, -0.1) is 0 Å². The van der Waals surface area contributed by atoms with Crippen LogP contribution < -0.4 is 16.1 Å². The highest BCUT2D eigenvalue weighted by atomic mass is 35.5. The number of halogens is 3. The first-order valence-electron chi connectivity index (χ1n) is 12.2. The maximum atomic E-state index is 13.9. The molecule has 0 fully saturated rings. The summed E-state index contributed by atoms with van der Waals surface area (Å²) in [6.07, 6.45) is -0.176. The number of hydrazine groups is 1. The summed E-state index contributed by atoms with van der Waals surface area (Å²) in [6, 6.07) is 8.98. The standard InChI is InChI=1S/C27H30ClF2N5O5/c1-16(36)35(33-13-18-6-5-7-22(30)24(18)28)21(14-32-25(37)40-27(2,3)4)15-39-26(38)34-23-11-19-10-20(29)9-8-17(19)12-31-23/h5-12,21,33H,13-15H2,1-4H3,(H,32,37)(H,31,34,38)/t21-/m0/s1. The number of fused-ring (bicyclic) bond motifs is 1. The topological polar surface area (TPSA) is 122 Å². The zero-order valence-corrected chi connectivity index (χ0v) is 23.1. The Bertz CT molecular complexity index is 1390. The fraction of sp³-hybridized carbons (Fsp3) is 0.333. The summed E-state index contributed by atoms with van der Waals surface area (Å²) in [6.45, 7) is 5.77. The molecule has 0 aliphatic carbocycles. The molecule has 0 saturated heterocycles. The number of rotatable bonds is 9. The van der Waals surface area contributed by atoms with Crippen molar-refractivity contribution in [3.05, 3.63) is 70.9 Å². The molecule has 3 aromatic rings. The molecular formula is C27H30ClF2N5O5. The lowest BCUT2D eigenvalue weighted by atomic mass is 10.2. The van der Waals surface area contributed by atoms with Crippen molar-refractivity contribution in [2.45, 2.75) is 45.9 Å². The van der Waals surface area contributed by atoms with Crippen molar-refractivity contribution in [1.82, 2.24) is 20.7 Å². The van der Waals surface area contributed by atoms with Gasteiger partial charge in [0.1, 0.15) is 29.7 Å². The number of nitrogens with zero attached hydrogens (tertiary/aromatic N) is 2. The number of hydrogen-bond donors (Lipinski definition) is 3. The van der Waals surface area contributed by atoms with Gasteiger partial charge in [-0.2, -0.15) is 0 Å². The lowest BCUT2D eigenvalue weighted by molar-refractivity contribution is -0.136. The normalized spacial score (nSPS) is 12.0. The number of pyridine rings is 1. The number of anilines is 1. The first-order valence-corrected chi connectivity index (χ1v) is 12.6. The predicted molar refractivity (Wildman–Crippen MR) is 145 cm³/mol. The number of carbonyl (C=O) groups excluding carboxylic acids is 3. The Hall–Kier alpha value is -4.03. The third kappa shape index (κ3) is 9.02. The molecule has 3 N–H and O–H groups in total. The van der Waals surface area contributed by atoms with E-state index in [0.717, 1.165) is 5.01 Å². The molecule has 3 amide bonds. The summed E-state index contributed by atoms with van der Waals surface area (Å²) in [5.74, 6) is -1.42. The summed E-state index contributed by atoms with van der Waals surface area (Å²) < 4.78 is 38.0. The van der Waals surface area contributed by atoms with E-state index in [1.807, 2.05) is 0 Å². The van der Waals surface area contributed by atoms with Crippen LogP contribution in [-0.4, -0.2) is 52.9 Å². The Morgan fingerprint density at radius 2 is 1.82 bits per heavy atom. The number of alkyl carbamates (subject to hydrolysis) is 1. The fourth-order valence-corrected chi connectivity index (χ4v) is 3.78. The minimum Gasteiger partial charge on any atom is -0.447 e. The van der Waals surface area contributed by atoms with Crippen LogP contribution in [0.2, 0.25) is 5.02 Å². The van der Waals surface area contributed by atoms with Crippen molar-refractivity contribution < 1.29 is 32.6 Å². The quantitative estimate of drug-likeness (QED) is 0.300. The SMILES string of the molecule is CC(=O)N(NCc1cccc(F)c1Cl)[C@@H](CNC(=O)OC(C)(C)C)COC(=O)Nc1cc2cc(F)ccc2cn1. The van der Waals surface area contributed by atoms with Gasteiger partial charge < -0.3 is 14.8 Å². The largest absolute Gasteiger partial charge is 0.447 e. The van der Waals surface area contributed by atoms with Crippen molar-refractivity contribution in [2.24, 2.45) is 0 Å². The van der Waals surface area contributed by atoms with Crippen molar-refractivity contribution in [3.8, 4) is 0 Å². The molecule has 1 atom stereocenters. The number of nitrogens with one attached hydrogen (secondary N) is 3. The molecule has 0 bridgehead atoms. The minimum atomic E-state index is -0.915. The van der Waals surface area contributed by atoms with Crippen LogP contribution in [-0.2, 0) is 20.8 Å². The highest BCUT2D eigenvalue weighted by Crippen LogP contribution is 2.20. The van der Waals surface area contributed by atoms with Gasteiger partial charge in [0, 0.05) is 31.6 Å². The van der Waals surface area contributed by atoms with Crippen molar-refractivity contribution >= 4 is 46.3 Å². The van der Waals surface area contributed by atoms with Gasteiger partial charge in [0.05, 0.1) is 11.1 Å². The van der Waals surface area contributed by atoms with Gasteiger partial charge in [0.15, 0.2) is 0 Å². The Kier molecular flexibility index (Phi) is 10.2. The molecule has 0 spiro atoms. The van der Waals surface area contributed by atoms with Crippen LogP contribution in [0.4, 0.5) is 24.2 Å². The highest BCUT2D eigenvalue weighted by Gasteiger charge is 2.26. The highest BCUT2D eigenvalue weighted by molar-refractivity contribution is 6.31. The Labute approximate surface area is 234 Å². The summed E-state index contributed by atoms with van der Waals surface area (Å²) in [4.78, 5) is 41.5. The summed E-state index contributed by atoms with van der Waals surface area (Å²) >= 11 is 6.03.